The Labute approximate surface area is 89.5 Å². The highest BCUT2D eigenvalue weighted by atomic mass is 32.1. The first kappa shape index (κ1) is 10.9. The van der Waals surface area contributed by atoms with Crippen molar-refractivity contribution in [2.75, 3.05) is 6.54 Å². The third-order valence-corrected chi connectivity index (χ3v) is 1.88. The Hall–Kier alpha value is -1.16. The van der Waals surface area contributed by atoms with Crippen LogP contribution in [0.4, 0.5) is 0 Å². The number of nitrogens with one attached hydrogen (secondary N) is 1. The molecule has 0 atom stereocenters. The topological polar surface area (TPSA) is 34.1 Å². The molecule has 0 bridgehead atoms. The van der Waals surface area contributed by atoms with Crippen LogP contribution in [0.25, 0.3) is 0 Å². The maximum absolute atomic E-state index is 5.28. The van der Waals surface area contributed by atoms with E-state index in [2.05, 4.69) is 10.3 Å². The van der Waals surface area contributed by atoms with E-state index in [1.807, 2.05) is 32.0 Å². The number of nitrogens with zero attached hydrogens (tertiary/aromatic N) is 1. The lowest BCUT2D eigenvalue weighted by atomic mass is 10.3. The Morgan fingerprint density at radius 2 is 2.36 bits per heavy atom. The van der Waals surface area contributed by atoms with Gasteiger partial charge in [0.1, 0.15) is 6.61 Å². The standard InChI is InChI=1S/C10H14N2OS/c1-3-11-10(14)13-7-9-6-4-5-8(2)12-9/h4-6H,3,7H2,1-2H3,(H,11,14). The van der Waals surface area contributed by atoms with Crippen LogP contribution >= 0.6 is 12.2 Å². The molecule has 3 nitrogen and oxygen atoms in total. The second-order valence-electron chi connectivity index (χ2n) is 2.88. The maximum atomic E-state index is 5.28. The van der Waals surface area contributed by atoms with Gasteiger partial charge in [0.15, 0.2) is 0 Å². The van der Waals surface area contributed by atoms with E-state index in [1.54, 1.807) is 0 Å². The number of ether oxygens (including phenoxy) is 1. The molecule has 1 aromatic rings. The van der Waals surface area contributed by atoms with E-state index in [0.29, 0.717) is 11.8 Å². The van der Waals surface area contributed by atoms with Gasteiger partial charge in [-0.3, -0.25) is 4.98 Å². The van der Waals surface area contributed by atoms with Crippen LogP contribution < -0.4 is 5.32 Å². The van der Waals surface area contributed by atoms with Crippen molar-refractivity contribution in [1.82, 2.24) is 10.3 Å². The van der Waals surface area contributed by atoms with Gasteiger partial charge in [0.25, 0.3) is 5.17 Å². The minimum atomic E-state index is 0.424. The zero-order valence-electron chi connectivity index (χ0n) is 8.41. The molecular weight excluding hydrogens is 196 g/mol. The fourth-order valence-corrected chi connectivity index (χ4v) is 1.22. The summed E-state index contributed by atoms with van der Waals surface area (Å²) in [5.41, 5.74) is 1.88. The molecule has 0 fully saturated rings. The quantitative estimate of drug-likeness (QED) is 0.771. The minimum absolute atomic E-state index is 0.424. The fourth-order valence-electron chi connectivity index (χ4n) is 1.01. The smallest absolute Gasteiger partial charge is 0.257 e. The monoisotopic (exact) mass is 210 g/mol. The molecule has 0 saturated carbocycles. The van der Waals surface area contributed by atoms with Gasteiger partial charge in [-0.25, -0.2) is 0 Å². The van der Waals surface area contributed by atoms with Gasteiger partial charge in [0.05, 0.1) is 5.69 Å². The summed E-state index contributed by atoms with van der Waals surface area (Å²) >= 11 is 4.92. The lowest BCUT2D eigenvalue weighted by molar-refractivity contribution is 0.282. The van der Waals surface area contributed by atoms with Crippen molar-refractivity contribution in [2.45, 2.75) is 20.5 Å². The summed E-state index contributed by atoms with van der Waals surface area (Å²) in [6.45, 7) is 5.13. The molecule has 0 spiro atoms. The normalized spacial score (nSPS) is 9.57. The molecule has 0 aromatic carbocycles. The highest BCUT2D eigenvalue weighted by Crippen LogP contribution is 1.99. The molecular formula is C10H14N2OS. The first-order chi connectivity index (χ1) is 6.72. The van der Waals surface area contributed by atoms with E-state index in [-0.39, 0.29) is 0 Å². The number of hydrogen-bond donors (Lipinski definition) is 1. The van der Waals surface area contributed by atoms with E-state index in [0.717, 1.165) is 17.9 Å². The lowest BCUT2D eigenvalue weighted by Crippen LogP contribution is -2.23. The van der Waals surface area contributed by atoms with Gasteiger partial charge in [-0.15, -0.1) is 0 Å². The third kappa shape index (κ3) is 3.70. The highest BCUT2D eigenvalue weighted by molar-refractivity contribution is 7.80. The predicted molar refractivity (Wildman–Crippen MR) is 60.0 cm³/mol. The molecule has 0 aliphatic rings. The molecule has 0 unspecified atom stereocenters. The van der Waals surface area contributed by atoms with Crippen molar-refractivity contribution in [2.24, 2.45) is 0 Å². The van der Waals surface area contributed by atoms with Crippen molar-refractivity contribution in [3.8, 4) is 0 Å². The molecule has 1 heterocycles. The summed E-state index contributed by atoms with van der Waals surface area (Å²) in [5.74, 6) is 0. The van der Waals surface area contributed by atoms with Crippen LogP contribution in [0.5, 0.6) is 0 Å². The Kier molecular flexibility index (Phi) is 4.32. The highest BCUT2D eigenvalue weighted by Gasteiger charge is 1.98. The van der Waals surface area contributed by atoms with Crippen molar-refractivity contribution in [3.05, 3.63) is 29.6 Å². The van der Waals surface area contributed by atoms with Crippen LogP contribution in [0.2, 0.25) is 0 Å². The first-order valence-electron chi connectivity index (χ1n) is 4.55. The van der Waals surface area contributed by atoms with Crippen LogP contribution in [0.15, 0.2) is 18.2 Å². The summed E-state index contributed by atoms with van der Waals surface area (Å²) in [4.78, 5) is 4.29. The molecule has 4 heteroatoms. The zero-order valence-corrected chi connectivity index (χ0v) is 9.23. The summed E-state index contributed by atoms with van der Waals surface area (Å²) in [7, 11) is 0. The van der Waals surface area contributed by atoms with Gasteiger partial charge in [-0.05, 0) is 38.2 Å². The molecule has 1 N–H and O–H groups in total. The van der Waals surface area contributed by atoms with Crippen molar-refractivity contribution < 1.29 is 4.74 Å². The number of rotatable bonds is 3. The van der Waals surface area contributed by atoms with Crippen LogP contribution in [-0.4, -0.2) is 16.7 Å². The Morgan fingerprint density at radius 3 is 3.00 bits per heavy atom. The molecule has 76 valence electrons. The Balaban J connectivity index is 2.41. The van der Waals surface area contributed by atoms with Crippen LogP contribution in [0.3, 0.4) is 0 Å². The summed E-state index contributed by atoms with van der Waals surface area (Å²) in [5, 5.41) is 3.34. The van der Waals surface area contributed by atoms with Gasteiger partial charge in [0, 0.05) is 12.2 Å². The molecule has 0 saturated heterocycles. The molecule has 0 aliphatic carbocycles. The van der Waals surface area contributed by atoms with Crippen LogP contribution in [0, 0.1) is 6.92 Å². The van der Waals surface area contributed by atoms with E-state index in [1.165, 1.54) is 0 Å². The molecule has 0 amide bonds. The van der Waals surface area contributed by atoms with E-state index < -0.39 is 0 Å². The average Bonchev–Trinajstić information content (AvgIpc) is 2.15. The van der Waals surface area contributed by atoms with E-state index >= 15 is 0 Å². The van der Waals surface area contributed by atoms with Crippen molar-refractivity contribution in [3.63, 3.8) is 0 Å². The second-order valence-corrected chi connectivity index (χ2v) is 3.25. The fraction of sp³-hybridized carbons (Fsp3) is 0.400. The Morgan fingerprint density at radius 1 is 1.57 bits per heavy atom. The van der Waals surface area contributed by atoms with Crippen molar-refractivity contribution in [1.29, 1.82) is 0 Å². The average molecular weight is 210 g/mol. The van der Waals surface area contributed by atoms with E-state index in [4.69, 9.17) is 17.0 Å². The summed E-state index contributed by atoms with van der Waals surface area (Å²) in [6, 6.07) is 5.82. The van der Waals surface area contributed by atoms with Gasteiger partial charge >= 0.3 is 0 Å². The largest absolute Gasteiger partial charge is 0.465 e. The Bertz CT molecular complexity index is 315. The number of hydrogen-bond acceptors (Lipinski definition) is 3. The zero-order chi connectivity index (χ0) is 10.4. The first-order valence-corrected chi connectivity index (χ1v) is 4.96. The molecule has 14 heavy (non-hydrogen) atoms. The maximum Gasteiger partial charge on any atom is 0.257 e. The van der Waals surface area contributed by atoms with Crippen LogP contribution in [-0.2, 0) is 11.3 Å². The molecule has 0 aliphatic heterocycles. The third-order valence-electron chi connectivity index (χ3n) is 1.62. The SMILES string of the molecule is CCNC(=S)OCc1cccc(C)n1. The number of aryl methyl sites for hydroxylation is 1. The number of thiocarbonyl (C=S) groups is 1. The molecule has 0 radical (unpaired) electrons. The number of pyridine rings is 1. The van der Waals surface area contributed by atoms with Gasteiger partial charge < -0.3 is 10.1 Å². The van der Waals surface area contributed by atoms with Crippen LogP contribution in [0.1, 0.15) is 18.3 Å². The molecule has 1 aromatic heterocycles. The predicted octanol–water partition coefficient (Wildman–Crippen LogP) is 1.80. The summed E-state index contributed by atoms with van der Waals surface area (Å²) < 4.78 is 5.28. The lowest BCUT2D eigenvalue weighted by Gasteiger charge is -2.07. The van der Waals surface area contributed by atoms with Gasteiger partial charge in [-0.2, -0.15) is 0 Å². The van der Waals surface area contributed by atoms with Crippen molar-refractivity contribution >= 4 is 17.4 Å². The van der Waals surface area contributed by atoms with Gasteiger partial charge in [-0.1, -0.05) is 6.07 Å². The van der Waals surface area contributed by atoms with Gasteiger partial charge in [0.2, 0.25) is 0 Å². The number of aromatic nitrogens is 1. The molecule has 1 rings (SSSR count). The minimum Gasteiger partial charge on any atom is -0.465 e. The summed E-state index contributed by atoms with van der Waals surface area (Å²) in [6.07, 6.45) is 0. The second kappa shape index (κ2) is 5.54. The van der Waals surface area contributed by atoms with E-state index in [9.17, 15) is 0 Å².